The molecule has 0 aliphatic rings. The molecule has 0 radical (unpaired) electrons. The van der Waals surface area contributed by atoms with E-state index in [1.165, 1.54) is 0 Å². The molecule has 0 aliphatic heterocycles. The maximum atomic E-state index is 6.28. The van der Waals surface area contributed by atoms with Crippen molar-refractivity contribution in [3.05, 3.63) is 44.2 Å². The van der Waals surface area contributed by atoms with E-state index in [9.17, 15) is 0 Å². The van der Waals surface area contributed by atoms with Crippen LogP contribution in [0, 0.1) is 3.57 Å². The molecular formula is C16H18ClIN2O. The van der Waals surface area contributed by atoms with E-state index >= 15 is 0 Å². The number of hydrogen-bond donors (Lipinski definition) is 0. The van der Waals surface area contributed by atoms with Crippen molar-refractivity contribution in [2.24, 2.45) is 0 Å². The van der Waals surface area contributed by atoms with E-state index in [1.54, 1.807) is 7.11 Å². The summed E-state index contributed by atoms with van der Waals surface area (Å²) in [5.41, 5.74) is 2.97. The van der Waals surface area contributed by atoms with E-state index in [4.69, 9.17) is 21.3 Å². The summed E-state index contributed by atoms with van der Waals surface area (Å²) in [6, 6.07) is 8.04. The van der Waals surface area contributed by atoms with Crippen molar-refractivity contribution in [3.8, 4) is 11.4 Å². The quantitative estimate of drug-likeness (QED) is 0.530. The number of nitrogens with zero attached hydrogens (tertiary/aromatic N) is 2. The molecule has 1 heterocycles. The van der Waals surface area contributed by atoms with E-state index in [1.807, 2.05) is 24.3 Å². The molecule has 0 bridgehead atoms. The first-order valence-corrected chi connectivity index (χ1v) is 8.10. The lowest BCUT2D eigenvalue weighted by molar-refractivity contribution is 0.185. The Morgan fingerprint density at radius 3 is 2.29 bits per heavy atom. The van der Waals surface area contributed by atoms with E-state index in [2.05, 4.69) is 48.3 Å². The summed E-state index contributed by atoms with van der Waals surface area (Å²) in [4.78, 5) is 9.12. The van der Waals surface area contributed by atoms with E-state index in [-0.39, 0.29) is 5.41 Å². The van der Waals surface area contributed by atoms with Crippen LogP contribution in [0.5, 0.6) is 0 Å². The Kier molecular flexibility index (Phi) is 5.22. The molecule has 0 amide bonds. The third kappa shape index (κ3) is 3.93. The number of aromatic nitrogens is 2. The van der Waals surface area contributed by atoms with Crippen LogP contribution >= 0.6 is 34.2 Å². The third-order valence-electron chi connectivity index (χ3n) is 3.04. The van der Waals surface area contributed by atoms with Gasteiger partial charge in [0.25, 0.3) is 0 Å². The smallest absolute Gasteiger partial charge is 0.161 e. The number of hydrogen-bond acceptors (Lipinski definition) is 3. The van der Waals surface area contributed by atoms with Gasteiger partial charge in [-0.25, -0.2) is 9.97 Å². The zero-order chi connectivity index (χ0) is 15.6. The van der Waals surface area contributed by atoms with Crippen molar-refractivity contribution in [1.82, 2.24) is 9.97 Å². The second-order valence-corrected chi connectivity index (χ2v) is 7.32. The summed E-state index contributed by atoms with van der Waals surface area (Å²) in [6.45, 7) is 6.97. The van der Waals surface area contributed by atoms with Crippen molar-refractivity contribution in [2.45, 2.75) is 32.8 Å². The second kappa shape index (κ2) is 6.58. The van der Waals surface area contributed by atoms with Gasteiger partial charge in [0.1, 0.15) is 5.15 Å². The third-order valence-corrected chi connectivity index (χ3v) is 4.66. The van der Waals surface area contributed by atoms with Gasteiger partial charge in [0.2, 0.25) is 0 Å². The fourth-order valence-corrected chi connectivity index (χ4v) is 3.18. The van der Waals surface area contributed by atoms with Crippen molar-refractivity contribution in [2.75, 3.05) is 7.11 Å². The van der Waals surface area contributed by atoms with Gasteiger partial charge in [-0.1, -0.05) is 56.6 Å². The molecule has 3 nitrogen and oxygen atoms in total. The first-order chi connectivity index (χ1) is 9.82. The molecular weight excluding hydrogens is 399 g/mol. The number of methoxy groups -OCH3 is 1. The maximum absolute atomic E-state index is 6.28. The summed E-state index contributed by atoms with van der Waals surface area (Å²) in [5.74, 6) is 0.661. The number of benzene rings is 1. The molecule has 0 fully saturated rings. The van der Waals surface area contributed by atoms with Gasteiger partial charge in [-0.15, -0.1) is 0 Å². The molecule has 2 rings (SSSR count). The highest BCUT2D eigenvalue weighted by Crippen LogP contribution is 2.31. The fraction of sp³-hybridized carbons (Fsp3) is 0.375. The van der Waals surface area contributed by atoms with Crippen LogP contribution in [0.1, 0.15) is 32.0 Å². The first-order valence-electron chi connectivity index (χ1n) is 6.64. The zero-order valence-corrected chi connectivity index (χ0v) is 15.5. The zero-order valence-electron chi connectivity index (χ0n) is 12.6. The topological polar surface area (TPSA) is 35.0 Å². The molecule has 0 saturated heterocycles. The first kappa shape index (κ1) is 16.6. The minimum Gasteiger partial charge on any atom is -0.380 e. The average molecular weight is 417 g/mol. The lowest BCUT2D eigenvalue weighted by atomic mass is 9.92. The average Bonchev–Trinajstić information content (AvgIpc) is 2.41. The Morgan fingerprint density at radius 2 is 1.76 bits per heavy atom. The summed E-state index contributed by atoms with van der Waals surface area (Å²) < 4.78 is 6.04. The van der Waals surface area contributed by atoms with Crippen molar-refractivity contribution in [3.63, 3.8) is 0 Å². The molecule has 0 aliphatic carbocycles. The fourth-order valence-electron chi connectivity index (χ4n) is 1.96. The van der Waals surface area contributed by atoms with Gasteiger partial charge >= 0.3 is 0 Å². The lowest BCUT2D eigenvalue weighted by Crippen LogP contribution is -2.17. The van der Waals surface area contributed by atoms with Crippen LogP contribution < -0.4 is 0 Å². The second-order valence-electron chi connectivity index (χ2n) is 5.88. The highest BCUT2D eigenvalue weighted by Gasteiger charge is 2.22. The predicted octanol–water partition coefficient (Wildman–Crippen LogP) is 4.85. The Balaban J connectivity index is 2.47. The molecule has 0 atom stereocenters. The molecule has 0 saturated carbocycles. The highest BCUT2D eigenvalue weighted by atomic mass is 127. The lowest BCUT2D eigenvalue weighted by Gasteiger charge is -2.20. The van der Waals surface area contributed by atoms with Crippen LogP contribution in [0.3, 0.4) is 0 Å². The molecule has 0 spiro atoms. The Hall–Kier alpha value is -0.720. The maximum Gasteiger partial charge on any atom is 0.161 e. The van der Waals surface area contributed by atoms with Gasteiger partial charge < -0.3 is 4.74 Å². The Bertz CT molecular complexity index is 636. The minimum atomic E-state index is -0.0756. The van der Waals surface area contributed by atoms with Gasteiger partial charge in [0.05, 0.1) is 15.9 Å². The monoisotopic (exact) mass is 416 g/mol. The molecule has 5 heteroatoms. The normalized spacial score (nSPS) is 11.7. The van der Waals surface area contributed by atoms with Crippen LogP contribution in [-0.4, -0.2) is 17.1 Å². The van der Waals surface area contributed by atoms with Gasteiger partial charge in [0, 0.05) is 18.1 Å². The van der Waals surface area contributed by atoms with E-state index in [0.29, 0.717) is 17.6 Å². The minimum absolute atomic E-state index is 0.0756. The van der Waals surface area contributed by atoms with E-state index in [0.717, 1.165) is 20.4 Å². The number of ether oxygens (including phenoxy) is 1. The summed E-state index contributed by atoms with van der Waals surface area (Å²) in [6.07, 6.45) is 0. The van der Waals surface area contributed by atoms with Crippen LogP contribution in [0.25, 0.3) is 11.4 Å². The molecule has 1 aromatic heterocycles. The summed E-state index contributed by atoms with van der Waals surface area (Å²) in [7, 11) is 1.69. The molecule has 1 aromatic carbocycles. The summed E-state index contributed by atoms with van der Waals surface area (Å²) >= 11 is 8.49. The Morgan fingerprint density at radius 1 is 1.14 bits per heavy atom. The van der Waals surface area contributed by atoms with Gasteiger partial charge in [-0.3, -0.25) is 0 Å². The predicted molar refractivity (Wildman–Crippen MR) is 94.6 cm³/mol. The SMILES string of the molecule is COCc1ccc(-c2nc(Cl)c(I)c(C(C)(C)C)n2)cc1. The van der Waals surface area contributed by atoms with Crippen LogP contribution in [0.2, 0.25) is 5.15 Å². The van der Waals surface area contributed by atoms with Crippen LogP contribution in [-0.2, 0) is 16.8 Å². The van der Waals surface area contributed by atoms with Crippen LogP contribution in [0.15, 0.2) is 24.3 Å². The molecule has 0 N–H and O–H groups in total. The standard InChI is InChI=1S/C16H18ClIN2O/c1-16(2,3)13-12(18)14(17)20-15(19-13)11-7-5-10(6-8-11)9-21-4/h5-8H,9H2,1-4H3. The molecule has 112 valence electrons. The van der Waals surface area contributed by atoms with Crippen molar-refractivity contribution in [1.29, 1.82) is 0 Å². The highest BCUT2D eigenvalue weighted by molar-refractivity contribution is 14.1. The number of halogens is 2. The van der Waals surface area contributed by atoms with Gasteiger partial charge in [0.15, 0.2) is 5.82 Å². The van der Waals surface area contributed by atoms with Crippen molar-refractivity contribution < 1.29 is 4.74 Å². The molecule has 0 unspecified atom stereocenters. The summed E-state index contributed by atoms with van der Waals surface area (Å²) in [5, 5.41) is 0.506. The van der Waals surface area contributed by atoms with Crippen LogP contribution in [0.4, 0.5) is 0 Å². The van der Waals surface area contributed by atoms with E-state index < -0.39 is 0 Å². The Labute approximate surface area is 144 Å². The van der Waals surface area contributed by atoms with Crippen molar-refractivity contribution >= 4 is 34.2 Å². The van der Waals surface area contributed by atoms with Gasteiger partial charge in [-0.05, 0) is 28.2 Å². The largest absolute Gasteiger partial charge is 0.380 e. The molecule has 2 aromatic rings. The number of rotatable bonds is 3. The molecule has 21 heavy (non-hydrogen) atoms. The van der Waals surface area contributed by atoms with Gasteiger partial charge in [-0.2, -0.15) is 0 Å².